The molecule has 0 aliphatic heterocycles. The van der Waals surface area contributed by atoms with Gasteiger partial charge in [-0.15, -0.1) is 0 Å². The SMILES string of the molecule is CCCC(=O)c1c(-c2ccccc2)nn(CC)c(=O)c1Nc1cccc(Cl)c1.CCCn1nc(-c2ccccc2)c(C(C)=O)c(Nc2cccc(Cl)c2)c1=O. The molecule has 0 unspecified atom stereocenters. The van der Waals surface area contributed by atoms with Gasteiger partial charge in [0.15, 0.2) is 11.6 Å². The Hall–Kier alpha value is -5.84. The molecule has 0 amide bonds. The van der Waals surface area contributed by atoms with Gasteiger partial charge in [-0.05, 0) is 63.1 Å². The standard InChI is InChI=1S/C22H22ClN3O2.C21H20ClN3O2/c1-3-9-18(27)19-20(15-10-6-5-7-11-15)25-26(4-2)22(28)21(19)24-17-13-8-12-16(23)14-17;1-3-12-25-21(27)20(23-17-11-7-10-16(22)13-17)18(14(2)26)19(24-25)15-8-5-4-6-9-15/h5-8,10-14,24H,3-4,9H2,1-2H3;4-11,13,23H,3,12H2,1-2H3. The number of carbonyl (C=O) groups excluding carboxylic acids is 2. The van der Waals surface area contributed by atoms with Crippen LogP contribution in [-0.4, -0.2) is 31.1 Å². The van der Waals surface area contributed by atoms with Crippen molar-refractivity contribution in [3.05, 3.63) is 151 Å². The van der Waals surface area contributed by atoms with E-state index in [4.69, 9.17) is 23.2 Å². The van der Waals surface area contributed by atoms with E-state index < -0.39 is 0 Å². The monoisotopic (exact) mass is 776 g/mol. The summed E-state index contributed by atoms with van der Waals surface area (Å²) < 4.78 is 2.78. The number of nitrogens with one attached hydrogen (secondary N) is 2. The summed E-state index contributed by atoms with van der Waals surface area (Å²) in [5.41, 5.74) is 4.22. The number of Topliss-reactive ketones (excluding diaryl/α,β-unsaturated/α-hetero) is 2. The smallest absolute Gasteiger partial charge is 0.291 e. The Morgan fingerprint density at radius 2 is 1.09 bits per heavy atom. The van der Waals surface area contributed by atoms with Crippen LogP contribution >= 0.6 is 23.2 Å². The minimum Gasteiger partial charge on any atom is -0.350 e. The van der Waals surface area contributed by atoms with E-state index in [1.54, 1.807) is 48.5 Å². The highest BCUT2D eigenvalue weighted by molar-refractivity contribution is 6.31. The lowest BCUT2D eigenvalue weighted by atomic mass is 9.99. The molecular weight excluding hydrogens is 735 g/mol. The fraction of sp³-hybridized carbons (Fsp3) is 0.209. The van der Waals surface area contributed by atoms with E-state index in [0.717, 1.165) is 17.5 Å². The van der Waals surface area contributed by atoms with Gasteiger partial charge in [0.05, 0.1) is 11.1 Å². The molecule has 2 aromatic heterocycles. The Kier molecular flexibility index (Phi) is 13.9. The van der Waals surface area contributed by atoms with Crippen molar-refractivity contribution in [1.29, 1.82) is 0 Å². The summed E-state index contributed by atoms with van der Waals surface area (Å²) in [5, 5.41) is 16.3. The van der Waals surface area contributed by atoms with Crippen molar-refractivity contribution in [3.8, 4) is 22.5 Å². The zero-order valence-corrected chi connectivity index (χ0v) is 32.6. The summed E-state index contributed by atoms with van der Waals surface area (Å²) in [6.07, 6.45) is 1.76. The molecule has 2 heterocycles. The normalized spacial score (nSPS) is 10.7. The molecular formula is C43H42Cl2N6O4. The number of carbonyl (C=O) groups is 2. The minimum absolute atomic E-state index is 0.112. The molecule has 4 aromatic carbocycles. The number of aryl methyl sites for hydroxylation is 2. The van der Waals surface area contributed by atoms with Crippen LogP contribution in [0.3, 0.4) is 0 Å². The molecule has 10 nitrogen and oxygen atoms in total. The third kappa shape index (κ3) is 9.83. The number of halogens is 2. The van der Waals surface area contributed by atoms with Gasteiger partial charge in [-0.2, -0.15) is 10.2 Å². The molecule has 6 aromatic rings. The van der Waals surface area contributed by atoms with Crippen LogP contribution in [0.5, 0.6) is 0 Å². The number of nitrogens with zero attached hydrogens (tertiary/aromatic N) is 4. The van der Waals surface area contributed by atoms with Crippen molar-refractivity contribution in [2.24, 2.45) is 0 Å². The van der Waals surface area contributed by atoms with Crippen molar-refractivity contribution in [1.82, 2.24) is 19.6 Å². The van der Waals surface area contributed by atoms with Crippen LogP contribution in [-0.2, 0) is 13.1 Å². The van der Waals surface area contributed by atoms with Gasteiger partial charge in [0.1, 0.15) is 22.8 Å². The highest BCUT2D eigenvalue weighted by atomic mass is 35.5. The second kappa shape index (κ2) is 19.0. The third-order valence-electron chi connectivity index (χ3n) is 8.44. The number of benzene rings is 4. The van der Waals surface area contributed by atoms with Crippen molar-refractivity contribution < 1.29 is 9.59 Å². The Balaban J connectivity index is 0.000000211. The average Bonchev–Trinajstić information content (AvgIpc) is 3.18. The van der Waals surface area contributed by atoms with Crippen molar-refractivity contribution in [2.45, 2.75) is 60.0 Å². The van der Waals surface area contributed by atoms with Crippen LogP contribution in [0.25, 0.3) is 22.5 Å². The quantitative estimate of drug-likeness (QED) is 0.111. The second-order valence-electron chi connectivity index (χ2n) is 12.6. The largest absolute Gasteiger partial charge is 0.350 e. The molecule has 0 fully saturated rings. The van der Waals surface area contributed by atoms with Crippen LogP contribution < -0.4 is 21.8 Å². The van der Waals surface area contributed by atoms with Crippen molar-refractivity contribution in [3.63, 3.8) is 0 Å². The van der Waals surface area contributed by atoms with E-state index in [1.807, 2.05) is 81.4 Å². The van der Waals surface area contributed by atoms with Gasteiger partial charge in [-0.1, -0.05) is 110 Å². The van der Waals surface area contributed by atoms with Gasteiger partial charge in [-0.3, -0.25) is 19.2 Å². The van der Waals surface area contributed by atoms with Gasteiger partial charge >= 0.3 is 0 Å². The summed E-state index contributed by atoms with van der Waals surface area (Å²) in [4.78, 5) is 51.6. The Labute approximate surface area is 329 Å². The minimum atomic E-state index is -0.332. The van der Waals surface area contributed by atoms with Crippen LogP contribution in [0, 0.1) is 0 Å². The predicted molar refractivity (Wildman–Crippen MR) is 223 cm³/mol. The maximum atomic E-state index is 13.1. The molecule has 0 bridgehead atoms. The lowest BCUT2D eigenvalue weighted by Gasteiger charge is -2.17. The van der Waals surface area contributed by atoms with Crippen LogP contribution in [0.1, 0.15) is 67.7 Å². The first-order valence-corrected chi connectivity index (χ1v) is 18.8. The van der Waals surface area contributed by atoms with Gasteiger partial charge in [0.2, 0.25) is 0 Å². The lowest BCUT2D eigenvalue weighted by Crippen LogP contribution is -2.28. The first kappa shape index (κ1) is 40.3. The van der Waals surface area contributed by atoms with Crippen LogP contribution in [0.15, 0.2) is 119 Å². The summed E-state index contributed by atoms with van der Waals surface area (Å²) >= 11 is 12.1. The molecule has 0 saturated carbocycles. The van der Waals surface area contributed by atoms with E-state index in [0.29, 0.717) is 64.3 Å². The van der Waals surface area contributed by atoms with Crippen LogP contribution in [0.4, 0.5) is 22.7 Å². The molecule has 0 radical (unpaired) electrons. The number of aromatic nitrogens is 4. The van der Waals surface area contributed by atoms with E-state index in [-0.39, 0.29) is 39.6 Å². The zero-order valence-electron chi connectivity index (χ0n) is 31.1. The summed E-state index contributed by atoms with van der Waals surface area (Å²) in [5.74, 6) is -0.342. The third-order valence-corrected chi connectivity index (χ3v) is 8.91. The fourth-order valence-corrected chi connectivity index (χ4v) is 6.31. The van der Waals surface area contributed by atoms with Crippen molar-refractivity contribution in [2.75, 3.05) is 10.6 Å². The van der Waals surface area contributed by atoms with E-state index in [1.165, 1.54) is 16.3 Å². The summed E-state index contributed by atoms with van der Waals surface area (Å²) in [6.45, 7) is 8.05. The number of anilines is 4. The second-order valence-corrected chi connectivity index (χ2v) is 13.5. The summed E-state index contributed by atoms with van der Waals surface area (Å²) in [6, 6.07) is 32.9. The molecule has 0 aliphatic rings. The molecule has 0 spiro atoms. The van der Waals surface area contributed by atoms with Crippen LogP contribution in [0.2, 0.25) is 10.0 Å². The molecule has 55 heavy (non-hydrogen) atoms. The topological polar surface area (TPSA) is 128 Å². The Bertz CT molecular complexity index is 2410. The zero-order chi connectivity index (χ0) is 39.5. The Morgan fingerprint density at radius 3 is 1.55 bits per heavy atom. The lowest BCUT2D eigenvalue weighted by molar-refractivity contribution is 0.0980. The van der Waals surface area contributed by atoms with Gasteiger partial charge in [-0.25, -0.2) is 9.36 Å². The van der Waals surface area contributed by atoms with Crippen molar-refractivity contribution >= 4 is 57.5 Å². The molecule has 6 rings (SSSR count). The molecule has 0 atom stereocenters. The van der Waals surface area contributed by atoms with Gasteiger partial charge in [0.25, 0.3) is 11.1 Å². The molecule has 0 saturated heterocycles. The number of hydrogen-bond acceptors (Lipinski definition) is 8. The Morgan fingerprint density at radius 1 is 0.618 bits per heavy atom. The predicted octanol–water partition coefficient (Wildman–Crippen LogP) is 10.2. The number of rotatable bonds is 13. The molecule has 0 aliphatic carbocycles. The molecule has 2 N–H and O–H groups in total. The average molecular weight is 778 g/mol. The summed E-state index contributed by atoms with van der Waals surface area (Å²) in [7, 11) is 0. The highest BCUT2D eigenvalue weighted by Gasteiger charge is 2.24. The van der Waals surface area contributed by atoms with E-state index in [2.05, 4.69) is 20.8 Å². The van der Waals surface area contributed by atoms with Gasteiger partial charge < -0.3 is 10.6 Å². The van der Waals surface area contributed by atoms with Gasteiger partial charge in [0, 0.05) is 52.1 Å². The first-order valence-electron chi connectivity index (χ1n) is 18.1. The maximum absolute atomic E-state index is 13.1. The van der Waals surface area contributed by atoms with E-state index in [9.17, 15) is 19.2 Å². The van der Waals surface area contributed by atoms with E-state index >= 15 is 0 Å². The highest BCUT2D eigenvalue weighted by Crippen LogP contribution is 2.30. The molecule has 282 valence electrons. The fourth-order valence-electron chi connectivity index (χ4n) is 5.93. The number of hydrogen-bond donors (Lipinski definition) is 2. The maximum Gasteiger partial charge on any atom is 0.291 e. The first-order chi connectivity index (χ1) is 26.6. The molecule has 12 heteroatoms. The number of ketones is 2.